The van der Waals surface area contributed by atoms with Gasteiger partial charge < -0.3 is 14.2 Å². The maximum atomic E-state index is 12.7. The van der Waals surface area contributed by atoms with Crippen molar-refractivity contribution >= 4 is 5.91 Å². The molecule has 0 unspecified atom stereocenters. The van der Waals surface area contributed by atoms with Crippen LogP contribution in [0.3, 0.4) is 0 Å². The van der Waals surface area contributed by atoms with Crippen LogP contribution >= 0.6 is 0 Å². The van der Waals surface area contributed by atoms with Gasteiger partial charge in [0.05, 0.1) is 25.3 Å². The van der Waals surface area contributed by atoms with E-state index in [0.717, 1.165) is 47.7 Å². The van der Waals surface area contributed by atoms with E-state index in [2.05, 4.69) is 5.16 Å². The highest BCUT2D eigenvalue weighted by molar-refractivity contribution is 5.79. The number of hydrogen-bond donors (Lipinski definition) is 0. The molecule has 1 aromatic heterocycles. The van der Waals surface area contributed by atoms with Gasteiger partial charge in [-0.15, -0.1) is 0 Å². The largest absolute Gasteiger partial charge is 0.497 e. The zero-order valence-electron chi connectivity index (χ0n) is 13.8. The predicted molar refractivity (Wildman–Crippen MR) is 86.4 cm³/mol. The highest BCUT2D eigenvalue weighted by Crippen LogP contribution is 2.35. The van der Waals surface area contributed by atoms with Crippen molar-refractivity contribution < 1.29 is 14.1 Å². The molecule has 1 fully saturated rings. The minimum absolute atomic E-state index is 0.0898. The summed E-state index contributed by atoms with van der Waals surface area (Å²) in [4.78, 5) is 14.7. The van der Waals surface area contributed by atoms with Crippen molar-refractivity contribution in [1.82, 2.24) is 10.1 Å². The number of amides is 1. The first kappa shape index (κ1) is 15.6. The second kappa shape index (κ2) is 6.44. The van der Waals surface area contributed by atoms with Crippen LogP contribution in [0.2, 0.25) is 0 Å². The zero-order valence-corrected chi connectivity index (χ0v) is 13.8. The van der Waals surface area contributed by atoms with Gasteiger partial charge in [-0.1, -0.05) is 17.3 Å². The number of nitrogens with zero attached hydrogens (tertiary/aromatic N) is 2. The van der Waals surface area contributed by atoms with Gasteiger partial charge in [0, 0.05) is 12.1 Å². The third-order valence-electron chi connectivity index (χ3n) is 4.51. The Bertz CT molecular complexity index is 671. The first-order valence-electron chi connectivity index (χ1n) is 7.95. The smallest absolute Gasteiger partial charge is 0.227 e. The number of aromatic nitrogens is 1. The highest BCUT2D eigenvalue weighted by Gasteiger charge is 2.33. The Labute approximate surface area is 136 Å². The second-order valence-electron chi connectivity index (χ2n) is 6.01. The van der Waals surface area contributed by atoms with E-state index < -0.39 is 0 Å². The monoisotopic (exact) mass is 314 g/mol. The highest BCUT2D eigenvalue weighted by atomic mass is 16.5. The number of aryl methyl sites for hydroxylation is 2. The summed E-state index contributed by atoms with van der Waals surface area (Å²) < 4.78 is 10.4. The summed E-state index contributed by atoms with van der Waals surface area (Å²) in [5.74, 6) is 1.77. The lowest BCUT2D eigenvalue weighted by atomic mass is 10.0. The van der Waals surface area contributed by atoms with Gasteiger partial charge in [-0.3, -0.25) is 4.79 Å². The normalized spacial score (nSPS) is 17.5. The fraction of sp³-hybridized carbons (Fsp3) is 0.444. The maximum absolute atomic E-state index is 12.7. The molecule has 0 bridgehead atoms. The number of rotatable bonds is 4. The average molecular weight is 314 g/mol. The summed E-state index contributed by atoms with van der Waals surface area (Å²) in [6.07, 6.45) is 2.39. The SMILES string of the molecule is COc1ccc(CC(=O)N2CCC[C@@H]2c2c(C)noc2C)cc1. The molecule has 3 rings (SSSR count). The summed E-state index contributed by atoms with van der Waals surface area (Å²) in [6.45, 7) is 4.65. The van der Waals surface area contributed by atoms with Crippen molar-refractivity contribution in [2.75, 3.05) is 13.7 Å². The topological polar surface area (TPSA) is 55.6 Å². The number of carbonyl (C=O) groups is 1. The Morgan fingerprint density at radius 1 is 1.35 bits per heavy atom. The van der Waals surface area contributed by atoms with Crippen LogP contribution in [0.25, 0.3) is 0 Å². The van der Waals surface area contributed by atoms with E-state index in [-0.39, 0.29) is 11.9 Å². The second-order valence-corrected chi connectivity index (χ2v) is 6.01. The average Bonchev–Trinajstić information content (AvgIpc) is 3.14. The Morgan fingerprint density at radius 3 is 2.70 bits per heavy atom. The van der Waals surface area contributed by atoms with Crippen molar-refractivity contribution in [2.45, 2.75) is 39.2 Å². The van der Waals surface area contributed by atoms with Gasteiger partial charge in [0.2, 0.25) is 5.91 Å². The summed E-state index contributed by atoms with van der Waals surface area (Å²) >= 11 is 0. The van der Waals surface area contributed by atoms with Crippen LogP contribution in [0.5, 0.6) is 5.75 Å². The van der Waals surface area contributed by atoms with Crippen molar-refractivity contribution in [3.8, 4) is 5.75 Å². The van der Waals surface area contributed by atoms with Gasteiger partial charge in [0.25, 0.3) is 0 Å². The van der Waals surface area contributed by atoms with Crippen molar-refractivity contribution in [2.24, 2.45) is 0 Å². The van der Waals surface area contributed by atoms with E-state index in [9.17, 15) is 4.79 Å². The molecule has 1 saturated heterocycles. The predicted octanol–water partition coefficient (Wildman–Crippen LogP) is 3.21. The lowest BCUT2D eigenvalue weighted by Gasteiger charge is -2.25. The fourth-order valence-electron chi connectivity index (χ4n) is 3.35. The van der Waals surface area contributed by atoms with E-state index in [1.165, 1.54) is 0 Å². The van der Waals surface area contributed by atoms with Crippen LogP contribution in [0.1, 0.15) is 41.5 Å². The molecule has 0 spiro atoms. The fourth-order valence-corrected chi connectivity index (χ4v) is 3.35. The van der Waals surface area contributed by atoms with Gasteiger partial charge in [-0.05, 0) is 44.4 Å². The van der Waals surface area contributed by atoms with E-state index in [0.29, 0.717) is 6.42 Å². The molecule has 2 heterocycles. The molecule has 1 aliphatic rings. The summed E-state index contributed by atoms with van der Waals surface area (Å²) in [6, 6.07) is 7.75. The maximum Gasteiger partial charge on any atom is 0.227 e. The number of ether oxygens (including phenoxy) is 1. The minimum atomic E-state index is 0.0898. The molecule has 0 aliphatic carbocycles. The number of hydrogen-bond acceptors (Lipinski definition) is 4. The van der Waals surface area contributed by atoms with Gasteiger partial charge in [-0.2, -0.15) is 0 Å². The molecular formula is C18H22N2O3. The third kappa shape index (κ3) is 3.09. The zero-order chi connectivity index (χ0) is 16.4. The lowest BCUT2D eigenvalue weighted by molar-refractivity contribution is -0.131. The van der Waals surface area contributed by atoms with Gasteiger partial charge in [-0.25, -0.2) is 0 Å². The molecule has 1 atom stereocenters. The van der Waals surface area contributed by atoms with E-state index in [1.54, 1.807) is 7.11 Å². The molecular weight excluding hydrogens is 292 g/mol. The number of methoxy groups -OCH3 is 1. The van der Waals surface area contributed by atoms with Crippen molar-refractivity contribution in [1.29, 1.82) is 0 Å². The Balaban J connectivity index is 1.75. The first-order valence-corrected chi connectivity index (χ1v) is 7.95. The summed E-state index contributed by atoms with van der Waals surface area (Å²) in [5.41, 5.74) is 2.96. The third-order valence-corrected chi connectivity index (χ3v) is 4.51. The van der Waals surface area contributed by atoms with Crippen LogP contribution in [0, 0.1) is 13.8 Å². The molecule has 1 aliphatic heterocycles. The molecule has 1 aromatic carbocycles. The summed E-state index contributed by atoms with van der Waals surface area (Å²) in [5, 5.41) is 4.03. The molecule has 0 saturated carbocycles. The summed E-state index contributed by atoms with van der Waals surface area (Å²) in [7, 11) is 1.64. The molecule has 0 radical (unpaired) electrons. The minimum Gasteiger partial charge on any atom is -0.497 e. The van der Waals surface area contributed by atoms with Gasteiger partial charge in [0.1, 0.15) is 11.5 Å². The van der Waals surface area contributed by atoms with Crippen molar-refractivity contribution in [3.63, 3.8) is 0 Å². The molecule has 2 aromatic rings. The van der Waals surface area contributed by atoms with E-state index >= 15 is 0 Å². The van der Waals surface area contributed by atoms with Crippen LogP contribution in [0.4, 0.5) is 0 Å². The molecule has 5 nitrogen and oxygen atoms in total. The number of carbonyl (C=O) groups excluding carboxylic acids is 1. The molecule has 23 heavy (non-hydrogen) atoms. The van der Waals surface area contributed by atoms with Gasteiger partial charge >= 0.3 is 0 Å². The van der Waals surface area contributed by atoms with Gasteiger partial charge in [0.15, 0.2) is 0 Å². The molecule has 1 amide bonds. The standard InChI is InChI=1S/C18H22N2O3/c1-12-18(13(2)23-19-12)16-5-4-10-20(16)17(21)11-14-6-8-15(22-3)9-7-14/h6-9,16H,4-5,10-11H2,1-3H3/t16-/m1/s1. The van der Waals surface area contributed by atoms with Crippen molar-refractivity contribution in [3.05, 3.63) is 46.8 Å². The van der Waals surface area contributed by atoms with Crippen LogP contribution < -0.4 is 4.74 Å². The molecule has 5 heteroatoms. The Hall–Kier alpha value is -2.30. The van der Waals surface area contributed by atoms with Crippen LogP contribution in [-0.4, -0.2) is 29.6 Å². The van der Waals surface area contributed by atoms with E-state index in [4.69, 9.17) is 9.26 Å². The van der Waals surface area contributed by atoms with E-state index in [1.807, 2.05) is 43.0 Å². The Kier molecular flexibility index (Phi) is 4.37. The number of benzene rings is 1. The lowest BCUT2D eigenvalue weighted by Crippen LogP contribution is -2.32. The molecule has 0 N–H and O–H groups in total. The van der Waals surface area contributed by atoms with Crippen LogP contribution in [0.15, 0.2) is 28.8 Å². The molecule has 122 valence electrons. The quantitative estimate of drug-likeness (QED) is 0.869. The number of likely N-dealkylation sites (tertiary alicyclic amines) is 1. The van der Waals surface area contributed by atoms with Crippen LogP contribution in [-0.2, 0) is 11.2 Å². The first-order chi connectivity index (χ1) is 11.1. The Morgan fingerprint density at radius 2 is 2.09 bits per heavy atom.